The molecule has 1 heterocycles. The molecule has 0 N–H and O–H groups in total. The van der Waals surface area contributed by atoms with E-state index in [1.807, 2.05) is 36.4 Å². The predicted molar refractivity (Wildman–Crippen MR) is 120 cm³/mol. The molecule has 0 aliphatic heterocycles. The summed E-state index contributed by atoms with van der Waals surface area (Å²) in [6.07, 6.45) is -0.385. The first-order chi connectivity index (χ1) is 17.4. The van der Waals surface area contributed by atoms with Crippen LogP contribution >= 0.6 is 0 Å². The maximum Gasteiger partial charge on any atom is 0.309 e. The molecule has 0 spiro atoms. The first-order valence-electron chi connectivity index (χ1n) is 11.2. The van der Waals surface area contributed by atoms with Gasteiger partial charge in [0.25, 0.3) is 11.8 Å². The van der Waals surface area contributed by atoms with Crippen LogP contribution in [-0.4, -0.2) is 23.7 Å². The minimum atomic E-state index is -1.63. The van der Waals surface area contributed by atoms with Crippen molar-refractivity contribution in [1.29, 1.82) is 5.26 Å². The Kier molecular flexibility index (Phi) is 7.59. The summed E-state index contributed by atoms with van der Waals surface area (Å²) < 4.78 is 65.2. The second-order valence-corrected chi connectivity index (χ2v) is 7.97. The molecule has 4 rings (SSSR count). The van der Waals surface area contributed by atoms with Crippen LogP contribution in [0, 0.1) is 34.8 Å². The molecule has 1 aromatic heterocycles. The molecule has 3 aromatic rings. The highest BCUT2D eigenvalue weighted by Crippen LogP contribution is 2.39. The fraction of sp³-hybridized carbons (Fsp3) is 0.269. The lowest BCUT2D eigenvalue weighted by Gasteiger charge is -2.33. The summed E-state index contributed by atoms with van der Waals surface area (Å²) in [6, 6.07) is 15.2. The number of nitrogens with zero attached hydrogens (tertiary/aromatic N) is 2. The van der Waals surface area contributed by atoms with E-state index in [4.69, 9.17) is 18.9 Å². The Morgan fingerprint density at radius 2 is 1.83 bits per heavy atom. The van der Waals surface area contributed by atoms with Crippen molar-refractivity contribution in [2.24, 2.45) is 5.92 Å². The molecule has 1 fully saturated rings. The number of hydrogen-bond donors (Lipinski definition) is 0. The van der Waals surface area contributed by atoms with Crippen molar-refractivity contribution in [1.82, 2.24) is 4.98 Å². The lowest BCUT2D eigenvalue weighted by Crippen LogP contribution is -2.39. The van der Waals surface area contributed by atoms with Gasteiger partial charge < -0.3 is 18.9 Å². The number of nitriles is 1. The molecule has 1 aliphatic rings. The zero-order valence-electron chi connectivity index (χ0n) is 19.2. The van der Waals surface area contributed by atoms with Gasteiger partial charge in [-0.3, -0.25) is 4.79 Å². The van der Waals surface area contributed by atoms with Gasteiger partial charge >= 0.3 is 5.97 Å². The van der Waals surface area contributed by atoms with Crippen LogP contribution in [0.3, 0.4) is 0 Å². The highest BCUT2D eigenvalue weighted by molar-refractivity contribution is 5.73. The number of benzene rings is 2. The number of pyridine rings is 1. The van der Waals surface area contributed by atoms with Crippen LogP contribution in [0.15, 0.2) is 48.5 Å². The van der Waals surface area contributed by atoms with Crippen molar-refractivity contribution in [3.8, 4) is 29.2 Å². The molecule has 10 heteroatoms. The molecule has 0 bridgehead atoms. The van der Waals surface area contributed by atoms with Gasteiger partial charge in [0, 0.05) is 6.07 Å². The van der Waals surface area contributed by atoms with Crippen molar-refractivity contribution in [3.63, 3.8) is 0 Å². The van der Waals surface area contributed by atoms with Crippen LogP contribution in [0.5, 0.6) is 23.1 Å². The van der Waals surface area contributed by atoms with Gasteiger partial charge in [-0.05, 0) is 37.5 Å². The molecule has 0 amide bonds. The van der Waals surface area contributed by atoms with Crippen LogP contribution < -0.4 is 14.2 Å². The Morgan fingerprint density at radius 3 is 2.53 bits per heavy atom. The van der Waals surface area contributed by atoms with E-state index in [9.17, 15) is 18.8 Å². The number of aromatic nitrogens is 1. The summed E-state index contributed by atoms with van der Waals surface area (Å²) in [5.74, 6) is -7.41. The Bertz CT molecular complexity index is 1290. The second kappa shape index (κ2) is 11.0. The molecule has 0 saturated heterocycles. The van der Waals surface area contributed by atoms with E-state index >= 15 is 4.39 Å². The second-order valence-electron chi connectivity index (χ2n) is 7.97. The minimum Gasteiger partial charge on any atom is -0.485 e. The smallest absolute Gasteiger partial charge is 0.309 e. The number of carbonyl (C=O) groups excluding carboxylic acids is 1. The molecular formula is C26H21F3N2O5. The summed E-state index contributed by atoms with van der Waals surface area (Å²) in [4.78, 5) is 15.0. The van der Waals surface area contributed by atoms with Crippen molar-refractivity contribution < 1.29 is 36.9 Å². The monoisotopic (exact) mass is 498 g/mol. The molecule has 0 atom stereocenters. The average molecular weight is 498 g/mol. The molecule has 7 nitrogen and oxygen atoms in total. The minimum absolute atomic E-state index is 0.126. The predicted octanol–water partition coefficient (Wildman–Crippen LogP) is 5.46. The first-order valence-corrected chi connectivity index (χ1v) is 11.2. The van der Waals surface area contributed by atoms with Crippen LogP contribution in [0.1, 0.15) is 30.9 Å². The Balaban J connectivity index is 1.55. The van der Waals surface area contributed by atoms with Crippen LogP contribution in [0.25, 0.3) is 0 Å². The zero-order chi connectivity index (χ0) is 25.7. The van der Waals surface area contributed by atoms with Gasteiger partial charge in [-0.1, -0.05) is 30.3 Å². The fourth-order valence-corrected chi connectivity index (χ4v) is 3.54. The summed E-state index contributed by atoms with van der Waals surface area (Å²) >= 11 is 0. The van der Waals surface area contributed by atoms with E-state index in [0.717, 1.165) is 5.56 Å². The first kappa shape index (κ1) is 24.9. The third-order valence-corrected chi connectivity index (χ3v) is 5.48. The topological polar surface area (TPSA) is 90.7 Å². The Hall–Kier alpha value is -4.26. The SMILES string of the molecule is CCOC(=O)C1CC(Oc2c(F)c(F)nc(Oc3cc(C#N)ccc3OCc3ccccc3)c2F)C1. The molecule has 0 unspecified atom stereocenters. The van der Waals surface area contributed by atoms with Gasteiger partial charge in [0.15, 0.2) is 11.5 Å². The number of rotatable bonds is 9. The number of ether oxygens (including phenoxy) is 4. The van der Waals surface area contributed by atoms with E-state index < -0.39 is 47.2 Å². The molecule has 0 radical (unpaired) electrons. The number of esters is 1. The lowest BCUT2D eigenvalue weighted by atomic mass is 9.82. The standard InChI is InChI=1S/C26H21F3N2O5/c1-2-33-26(32)17-11-18(12-17)35-23-21(27)24(29)31-25(22(23)28)36-20-10-16(13-30)8-9-19(20)34-14-15-6-4-3-5-7-15/h3-10,17-18H,2,11-12,14H2,1H3. The van der Waals surface area contributed by atoms with Gasteiger partial charge in [-0.25, -0.2) is 0 Å². The quantitative estimate of drug-likeness (QED) is 0.286. The third-order valence-electron chi connectivity index (χ3n) is 5.48. The summed E-state index contributed by atoms with van der Waals surface area (Å²) in [5, 5.41) is 9.23. The molecule has 36 heavy (non-hydrogen) atoms. The fourth-order valence-electron chi connectivity index (χ4n) is 3.54. The molecule has 1 saturated carbocycles. The Morgan fingerprint density at radius 1 is 1.08 bits per heavy atom. The van der Waals surface area contributed by atoms with Gasteiger partial charge in [-0.2, -0.15) is 23.4 Å². The number of halogens is 3. The summed E-state index contributed by atoms with van der Waals surface area (Å²) in [7, 11) is 0. The van der Waals surface area contributed by atoms with Crippen molar-refractivity contribution >= 4 is 5.97 Å². The van der Waals surface area contributed by atoms with Gasteiger partial charge in [0.05, 0.1) is 24.2 Å². The van der Waals surface area contributed by atoms with E-state index in [0.29, 0.717) is 0 Å². The van der Waals surface area contributed by atoms with Crippen molar-refractivity contribution in [2.45, 2.75) is 32.5 Å². The van der Waals surface area contributed by atoms with E-state index in [1.165, 1.54) is 18.2 Å². The Labute approximate surface area is 205 Å². The highest BCUT2D eigenvalue weighted by Gasteiger charge is 2.39. The van der Waals surface area contributed by atoms with Crippen LogP contribution in [0.4, 0.5) is 13.2 Å². The maximum atomic E-state index is 15.1. The van der Waals surface area contributed by atoms with E-state index in [2.05, 4.69) is 4.98 Å². The maximum absolute atomic E-state index is 15.1. The van der Waals surface area contributed by atoms with E-state index in [1.54, 1.807) is 6.92 Å². The van der Waals surface area contributed by atoms with Crippen LogP contribution in [0.2, 0.25) is 0 Å². The van der Waals surface area contributed by atoms with Crippen LogP contribution in [-0.2, 0) is 16.1 Å². The normalized spacial score (nSPS) is 16.4. The number of hydrogen-bond acceptors (Lipinski definition) is 7. The summed E-state index contributed by atoms with van der Waals surface area (Å²) in [5.41, 5.74) is 0.998. The largest absolute Gasteiger partial charge is 0.485 e. The van der Waals surface area contributed by atoms with E-state index in [-0.39, 0.29) is 43.1 Å². The molecule has 2 aromatic carbocycles. The highest BCUT2D eigenvalue weighted by atomic mass is 19.2. The molecule has 186 valence electrons. The lowest BCUT2D eigenvalue weighted by molar-refractivity contribution is -0.154. The van der Waals surface area contributed by atoms with Gasteiger partial charge in [0.1, 0.15) is 12.7 Å². The van der Waals surface area contributed by atoms with Crippen molar-refractivity contribution in [3.05, 3.63) is 77.2 Å². The average Bonchev–Trinajstić information content (AvgIpc) is 2.86. The van der Waals surface area contributed by atoms with Gasteiger partial charge in [-0.15, -0.1) is 0 Å². The van der Waals surface area contributed by atoms with Crippen molar-refractivity contribution in [2.75, 3.05) is 6.61 Å². The third kappa shape index (κ3) is 5.51. The summed E-state index contributed by atoms with van der Waals surface area (Å²) in [6.45, 7) is 2.01. The zero-order valence-corrected chi connectivity index (χ0v) is 19.2. The van der Waals surface area contributed by atoms with Gasteiger partial charge in [0.2, 0.25) is 17.4 Å². The number of carbonyl (C=O) groups is 1. The molecular weight excluding hydrogens is 477 g/mol. The molecule has 1 aliphatic carbocycles.